The van der Waals surface area contributed by atoms with Crippen LogP contribution >= 0.6 is 0 Å². The Morgan fingerprint density at radius 2 is 2.30 bits per heavy atom. The average Bonchev–Trinajstić information content (AvgIpc) is 2.84. The van der Waals surface area contributed by atoms with Crippen LogP contribution in [0.15, 0.2) is 30.6 Å². The minimum atomic E-state index is -0.236. The van der Waals surface area contributed by atoms with E-state index in [4.69, 9.17) is 4.74 Å². The van der Waals surface area contributed by atoms with Crippen LogP contribution < -0.4 is 10.1 Å². The van der Waals surface area contributed by atoms with Crippen molar-refractivity contribution in [2.75, 3.05) is 5.32 Å². The Hall–Kier alpha value is -2.37. The molecule has 1 atom stereocenters. The number of hydrogen-bond donors (Lipinski definition) is 1. The number of nitrogens with one attached hydrogen (secondary N) is 1. The van der Waals surface area contributed by atoms with E-state index in [1.54, 1.807) is 42.3 Å². The normalized spacial score (nSPS) is 11.9. The molecule has 2 heterocycles. The first-order chi connectivity index (χ1) is 9.58. The average molecular weight is 274 g/mol. The molecule has 1 N–H and O–H groups in total. The number of amides is 1. The number of carbonyl (C=O) groups is 1. The lowest BCUT2D eigenvalue weighted by Gasteiger charge is -2.11. The molecule has 6 nitrogen and oxygen atoms in total. The summed E-state index contributed by atoms with van der Waals surface area (Å²) < 4.78 is 7.22. The van der Waals surface area contributed by atoms with Gasteiger partial charge in [0.1, 0.15) is 0 Å². The number of aryl methyl sites for hydroxylation is 1. The van der Waals surface area contributed by atoms with E-state index in [0.29, 0.717) is 17.3 Å². The van der Waals surface area contributed by atoms with Crippen molar-refractivity contribution in [2.24, 2.45) is 7.05 Å². The second-order valence-electron chi connectivity index (χ2n) is 4.55. The van der Waals surface area contributed by atoms with Gasteiger partial charge in [0.2, 0.25) is 5.88 Å². The first kappa shape index (κ1) is 14.0. The zero-order valence-corrected chi connectivity index (χ0v) is 11.8. The molecule has 0 unspecified atom stereocenters. The summed E-state index contributed by atoms with van der Waals surface area (Å²) in [4.78, 5) is 16.2. The Kier molecular flexibility index (Phi) is 4.34. The maximum absolute atomic E-state index is 12.1. The van der Waals surface area contributed by atoms with Crippen LogP contribution in [-0.2, 0) is 7.05 Å². The summed E-state index contributed by atoms with van der Waals surface area (Å²) in [5.41, 5.74) is 0.490. The molecule has 0 aliphatic heterocycles. The molecule has 0 fully saturated rings. The third-order valence-corrected chi connectivity index (χ3v) is 2.85. The molecule has 106 valence electrons. The minimum absolute atomic E-state index is 0.0663. The van der Waals surface area contributed by atoms with Crippen molar-refractivity contribution in [3.05, 3.63) is 36.2 Å². The highest BCUT2D eigenvalue weighted by Crippen LogP contribution is 2.13. The SMILES string of the molecule is CC[C@H](C)Oc1cc(C(=O)Nc2ccn(C)n2)ccn1. The Bertz CT molecular complexity index is 594. The van der Waals surface area contributed by atoms with Gasteiger partial charge in [0.15, 0.2) is 5.82 Å². The van der Waals surface area contributed by atoms with E-state index in [-0.39, 0.29) is 12.0 Å². The summed E-state index contributed by atoms with van der Waals surface area (Å²) in [7, 11) is 1.79. The molecule has 0 spiro atoms. The highest BCUT2D eigenvalue weighted by molar-refractivity contribution is 6.03. The smallest absolute Gasteiger partial charge is 0.257 e. The van der Waals surface area contributed by atoms with Gasteiger partial charge >= 0.3 is 0 Å². The molecule has 0 saturated heterocycles. The number of nitrogens with zero attached hydrogens (tertiary/aromatic N) is 3. The van der Waals surface area contributed by atoms with Crippen LogP contribution in [0.5, 0.6) is 5.88 Å². The predicted octanol–water partition coefficient (Wildman–Crippen LogP) is 2.24. The fraction of sp³-hybridized carbons (Fsp3) is 0.357. The third kappa shape index (κ3) is 3.57. The number of rotatable bonds is 5. The minimum Gasteiger partial charge on any atom is -0.475 e. The summed E-state index contributed by atoms with van der Waals surface area (Å²) >= 11 is 0. The number of hydrogen-bond acceptors (Lipinski definition) is 4. The predicted molar refractivity (Wildman–Crippen MR) is 75.8 cm³/mol. The molecule has 0 aliphatic carbocycles. The highest BCUT2D eigenvalue weighted by atomic mass is 16.5. The van der Waals surface area contributed by atoms with Gasteiger partial charge in [-0.25, -0.2) is 4.98 Å². The molecular formula is C14H18N4O2. The molecule has 0 bridgehead atoms. The van der Waals surface area contributed by atoms with Gasteiger partial charge in [-0.1, -0.05) is 6.92 Å². The quantitative estimate of drug-likeness (QED) is 0.908. The second kappa shape index (κ2) is 6.18. The number of aromatic nitrogens is 3. The first-order valence-electron chi connectivity index (χ1n) is 6.52. The van der Waals surface area contributed by atoms with E-state index >= 15 is 0 Å². The molecule has 2 aromatic rings. The number of anilines is 1. The van der Waals surface area contributed by atoms with Gasteiger partial charge in [-0.2, -0.15) is 5.10 Å². The van der Waals surface area contributed by atoms with Crippen molar-refractivity contribution >= 4 is 11.7 Å². The lowest BCUT2D eigenvalue weighted by molar-refractivity contribution is 0.102. The van der Waals surface area contributed by atoms with Gasteiger partial charge < -0.3 is 10.1 Å². The van der Waals surface area contributed by atoms with Crippen molar-refractivity contribution in [1.29, 1.82) is 0 Å². The maximum Gasteiger partial charge on any atom is 0.257 e. The van der Waals surface area contributed by atoms with Gasteiger partial charge in [0.25, 0.3) is 5.91 Å². The zero-order valence-electron chi connectivity index (χ0n) is 11.8. The molecular weight excluding hydrogens is 256 g/mol. The van der Waals surface area contributed by atoms with E-state index in [9.17, 15) is 4.79 Å². The van der Waals surface area contributed by atoms with Gasteiger partial charge in [-0.15, -0.1) is 0 Å². The van der Waals surface area contributed by atoms with E-state index in [1.165, 1.54) is 0 Å². The lowest BCUT2D eigenvalue weighted by atomic mass is 10.2. The van der Waals surface area contributed by atoms with Crippen LogP contribution in [0.1, 0.15) is 30.6 Å². The molecule has 20 heavy (non-hydrogen) atoms. The molecule has 2 aromatic heterocycles. The van der Waals surface area contributed by atoms with Crippen LogP contribution in [0.4, 0.5) is 5.82 Å². The molecule has 0 aliphatic rings. The fourth-order valence-corrected chi connectivity index (χ4v) is 1.57. The fourth-order valence-electron chi connectivity index (χ4n) is 1.57. The summed E-state index contributed by atoms with van der Waals surface area (Å²) in [6.07, 6.45) is 4.27. The Balaban J connectivity index is 2.08. The van der Waals surface area contributed by atoms with Crippen molar-refractivity contribution in [1.82, 2.24) is 14.8 Å². The molecule has 0 radical (unpaired) electrons. The van der Waals surface area contributed by atoms with Gasteiger partial charge in [-0.05, 0) is 19.4 Å². The lowest BCUT2D eigenvalue weighted by Crippen LogP contribution is -2.14. The molecule has 0 saturated carbocycles. The highest BCUT2D eigenvalue weighted by Gasteiger charge is 2.10. The van der Waals surface area contributed by atoms with Crippen molar-refractivity contribution in [2.45, 2.75) is 26.4 Å². The third-order valence-electron chi connectivity index (χ3n) is 2.85. The van der Waals surface area contributed by atoms with E-state index in [1.807, 2.05) is 13.8 Å². The summed E-state index contributed by atoms with van der Waals surface area (Å²) in [5, 5.41) is 6.82. The largest absolute Gasteiger partial charge is 0.475 e. The van der Waals surface area contributed by atoms with Gasteiger partial charge in [0, 0.05) is 37.1 Å². The number of carbonyl (C=O) groups excluding carboxylic acids is 1. The zero-order chi connectivity index (χ0) is 14.5. The number of pyridine rings is 1. The molecule has 6 heteroatoms. The monoisotopic (exact) mass is 274 g/mol. The van der Waals surface area contributed by atoms with E-state index in [0.717, 1.165) is 6.42 Å². The van der Waals surface area contributed by atoms with Crippen LogP contribution in [0, 0.1) is 0 Å². The summed E-state index contributed by atoms with van der Waals surface area (Å²) in [6.45, 7) is 3.99. The number of ether oxygens (including phenoxy) is 1. The maximum atomic E-state index is 12.1. The van der Waals surface area contributed by atoms with Crippen molar-refractivity contribution in [3.8, 4) is 5.88 Å². The van der Waals surface area contributed by atoms with Crippen LogP contribution in [0.3, 0.4) is 0 Å². The van der Waals surface area contributed by atoms with E-state index < -0.39 is 0 Å². The van der Waals surface area contributed by atoms with Crippen molar-refractivity contribution < 1.29 is 9.53 Å². The molecule has 0 aromatic carbocycles. The Morgan fingerprint density at radius 1 is 1.50 bits per heavy atom. The second-order valence-corrected chi connectivity index (χ2v) is 4.55. The summed E-state index contributed by atoms with van der Waals surface area (Å²) in [6, 6.07) is 5.00. The molecule has 1 amide bonds. The van der Waals surface area contributed by atoms with Gasteiger partial charge in [-0.3, -0.25) is 9.48 Å². The standard InChI is InChI=1S/C14H18N4O2/c1-4-10(2)20-13-9-11(5-7-15-13)14(19)16-12-6-8-18(3)17-12/h5-10H,4H2,1-3H3,(H,16,17,19)/t10-/m0/s1. The molecule has 2 rings (SSSR count). The first-order valence-corrected chi connectivity index (χ1v) is 6.52. The topological polar surface area (TPSA) is 69.0 Å². The van der Waals surface area contributed by atoms with Crippen LogP contribution in [0.2, 0.25) is 0 Å². The van der Waals surface area contributed by atoms with Gasteiger partial charge in [0.05, 0.1) is 6.10 Å². The summed E-state index contributed by atoms with van der Waals surface area (Å²) in [5.74, 6) is 0.729. The van der Waals surface area contributed by atoms with Crippen LogP contribution in [0.25, 0.3) is 0 Å². The van der Waals surface area contributed by atoms with E-state index in [2.05, 4.69) is 15.4 Å². The van der Waals surface area contributed by atoms with Crippen LogP contribution in [-0.4, -0.2) is 26.8 Å². The Morgan fingerprint density at radius 3 is 2.95 bits per heavy atom. The van der Waals surface area contributed by atoms with Crippen molar-refractivity contribution in [3.63, 3.8) is 0 Å². The Labute approximate surface area is 117 Å².